The minimum absolute atomic E-state index is 0.0133. The van der Waals surface area contributed by atoms with E-state index in [0.29, 0.717) is 23.7 Å². The smallest absolute Gasteiger partial charge is 0.249 e. The Bertz CT molecular complexity index is 824. The summed E-state index contributed by atoms with van der Waals surface area (Å²) in [6.07, 6.45) is 0. The van der Waals surface area contributed by atoms with Crippen LogP contribution >= 0.6 is 0 Å². The van der Waals surface area contributed by atoms with Gasteiger partial charge < -0.3 is 24.4 Å². The predicted molar refractivity (Wildman–Crippen MR) is 92.8 cm³/mol. The molecule has 1 saturated heterocycles. The van der Waals surface area contributed by atoms with Gasteiger partial charge in [0.2, 0.25) is 18.6 Å². The fourth-order valence-corrected chi connectivity index (χ4v) is 3.00. The molecule has 7 heteroatoms. The van der Waals surface area contributed by atoms with Crippen molar-refractivity contribution < 1.29 is 23.8 Å². The summed E-state index contributed by atoms with van der Waals surface area (Å²) in [7, 11) is 0. The minimum Gasteiger partial charge on any atom is -0.454 e. The fraction of sp³-hybridized carbons (Fsp3) is 0.263. The van der Waals surface area contributed by atoms with Gasteiger partial charge in [0.15, 0.2) is 11.5 Å². The zero-order valence-electron chi connectivity index (χ0n) is 14.0. The van der Waals surface area contributed by atoms with Crippen LogP contribution in [0.15, 0.2) is 48.5 Å². The molecule has 2 amide bonds. The zero-order valence-corrected chi connectivity index (χ0v) is 14.0. The molecule has 1 N–H and O–H groups in total. The van der Waals surface area contributed by atoms with Gasteiger partial charge in [0.05, 0.1) is 6.61 Å². The van der Waals surface area contributed by atoms with E-state index in [2.05, 4.69) is 5.32 Å². The zero-order chi connectivity index (χ0) is 17.9. The normalized spacial score (nSPS) is 18.7. The maximum atomic E-state index is 12.8. The van der Waals surface area contributed by atoms with Crippen LogP contribution in [0.4, 0.5) is 5.69 Å². The van der Waals surface area contributed by atoms with E-state index in [9.17, 15) is 9.59 Å². The highest BCUT2D eigenvalue weighted by Gasteiger charge is 2.34. The molecule has 2 aliphatic heterocycles. The van der Waals surface area contributed by atoms with E-state index in [4.69, 9.17) is 14.2 Å². The first-order chi connectivity index (χ1) is 12.7. The van der Waals surface area contributed by atoms with Gasteiger partial charge in [0.25, 0.3) is 0 Å². The summed E-state index contributed by atoms with van der Waals surface area (Å²) in [6, 6.07) is 14.1. The summed E-state index contributed by atoms with van der Waals surface area (Å²) >= 11 is 0. The average Bonchev–Trinajstić information content (AvgIpc) is 3.12. The minimum atomic E-state index is -0.693. The molecular formula is C19H18N2O5. The SMILES string of the molecule is O=C(Nc1ccc2c(c1)OCO2)[C@@H]1COCC(=O)N1Cc1ccccc1. The molecule has 134 valence electrons. The first kappa shape index (κ1) is 16.4. The molecule has 4 rings (SSSR count). The molecule has 0 aromatic heterocycles. The summed E-state index contributed by atoms with van der Waals surface area (Å²) in [5.74, 6) is 0.726. The van der Waals surface area contributed by atoms with Crippen molar-refractivity contribution in [2.45, 2.75) is 12.6 Å². The maximum absolute atomic E-state index is 12.8. The van der Waals surface area contributed by atoms with Gasteiger partial charge in [-0.15, -0.1) is 0 Å². The van der Waals surface area contributed by atoms with Crippen molar-refractivity contribution >= 4 is 17.5 Å². The first-order valence-corrected chi connectivity index (χ1v) is 8.32. The van der Waals surface area contributed by atoms with E-state index in [1.807, 2.05) is 30.3 Å². The molecular weight excluding hydrogens is 336 g/mol. The molecule has 2 heterocycles. The summed E-state index contributed by atoms with van der Waals surface area (Å²) < 4.78 is 15.9. The van der Waals surface area contributed by atoms with E-state index >= 15 is 0 Å². The van der Waals surface area contributed by atoms with Crippen LogP contribution in [0.1, 0.15) is 5.56 Å². The molecule has 0 aliphatic carbocycles. The van der Waals surface area contributed by atoms with Crippen LogP contribution in [0.5, 0.6) is 11.5 Å². The van der Waals surface area contributed by atoms with Crippen molar-refractivity contribution in [1.29, 1.82) is 0 Å². The van der Waals surface area contributed by atoms with Crippen molar-refractivity contribution in [3.8, 4) is 11.5 Å². The molecule has 0 spiro atoms. The van der Waals surface area contributed by atoms with Gasteiger partial charge in [-0.2, -0.15) is 0 Å². The van der Waals surface area contributed by atoms with Crippen LogP contribution in [-0.2, 0) is 20.9 Å². The van der Waals surface area contributed by atoms with Gasteiger partial charge in [0.1, 0.15) is 12.6 Å². The summed E-state index contributed by atoms with van der Waals surface area (Å²) in [6.45, 7) is 0.681. The number of amides is 2. The number of ether oxygens (including phenoxy) is 3. The highest BCUT2D eigenvalue weighted by atomic mass is 16.7. The van der Waals surface area contributed by atoms with E-state index < -0.39 is 6.04 Å². The monoisotopic (exact) mass is 354 g/mol. The topological polar surface area (TPSA) is 77.1 Å². The van der Waals surface area contributed by atoms with Crippen molar-refractivity contribution in [3.63, 3.8) is 0 Å². The van der Waals surface area contributed by atoms with E-state index in [0.717, 1.165) is 5.56 Å². The van der Waals surface area contributed by atoms with Gasteiger partial charge in [-0.05, 0) is 17.7 Å². The molecule has 1 fully saturated rings. The lowest BCUT2D eigenvalue weighted by molar-refractivity contribution is -0.154. The molecule has 0 saturated carbocycles. The first-order valence-electron chi connectivity index (χ1n) is 8.32. The molecule has 0 unspecified atom stereocenters. The van der Waals surface area contributed by atoms with Crippen LogP contribution in [-0.4, -0.2) is 42.8 Å². The number of rotatable bonds is 4. The summed E-state index contributed by atoms with van der Waals surface area (Å²) in [5.41, 5.74) is 1.54. The number of benzene rings is 2. The number of carbonyl (C=O) groups is 2. The Morgan fingerprint density at radius 1 is 1.12 bits per heavy atom. The predicted octanol–water partition coefficient (Wildman–Crippen LogP) is 1.78. The Labute approximate surface area is 150 Å². The van der Waals surface area contributed by atoms with Crippen LogP contribution in [0, 0.1) is 0 Å². The maximum Gasteiger partial charge on any atom is 0.249 e. The third-order valence-corrected chi connectivity index (χ3v) is 4.34. The second-order valence-corrected chi connectivity index (χ2v) is 6.10. The number of fused-ring (bicyclic) bond motifs is 1. The Balaban J connectivity index is 1.50. The van der Waals surface area contributed by atoms with Crippen molar-refractivity contribution in [3.05, 3.63) is 54.1 Å². The second kappa shape index (κ2) is 7.05. The molecule has 0 bridgehead atoms. The van der Waals surface area contributed by atoms with Crippen LogP contribution < -0.4 is 14.8 Å². The highest BCUT2D eigenvalue weighted by Crippen LogP contribution is 2.34. The summed E-state index contributed by atoms with van der Waals surface area (Å²) in [5, 5.41) is 2.83. The third-order valence-electron chi connectivity index (χ3n) is 4.34. The number of nitrogens with one attached hydrogen (secondary N) is 1. The van der Waals surface area contributed by atoms with E-state index in [1.54, 1.807) is 23.1 Å². The summed E-state index contributed by atoms with van der Waals surface area (Å²) in [4.78, 5) is 26.6. The largest absolute Gasteiger partial charge is 0.454 e. The van der Waals surface area contributed by atoms with E-state index in [-0.39, 0.29) is 31.8 Å². The second-order valence-electron chi connectivity index (χ2n) is 6.10. The van der Waals surface area contributed by atoms with Crippen LogP contribution in [0.3, 0.4) is 0 Å². The lowest BCUT2D eigenvalue weighted by Gasteiger charge is -2.34. The van der Waals surface area contributed by atoms with Gasteiger partial charge in [-0.3, -0.25) is 9.59 Å². The quantitative estimate of drug-likeness (QED) is 0.906. The van der Waals surface area contributed by atoms with Crippen molar-refractivity contribution in [2.24, 2.45) is 0 Å². The molecule has 2 aliphatic rings. The molecule has 26 heavy (non-hydrogen) atoms. The van der Waals surface area contributed by atoms with Crippen molar-refractivity contribution in [2.75, 3.05) is 25.3 Å². The molecule has 0 radical (unpaired) electrons. The number of hydrogen-bond acceptors (Lipinski definition) is 5. The average molecular weight is 354 g/mol. The van der Waals surface area contributed by atoms with Gasteiger partial charge >= 0.3 is 0 Å². The highest BCUT2D eigenvalue weighted by molar-refractivity contribution is 5.98. The standard InChI is InChI=1S/C19H18N2O5/c22-18-11-24-10-15(21(18)9-13-4-2-1-3-5-13)19(23)20-14-6-7-16-17(8-14)26-12-25-16/h1-8,15H,9-12H2,(H,20,23)/t15-/m0/s1. The Kier molecular flexibility index (Phi) is 4.45. The molecule has 2 aromatic rings. The Hall–Kier alpha value is -3.06. The Morgan fingerprint density at radius 3 is 2.77 bits per heavy atom. The lowest BCUT2D eigenvalue weighted by Crippen LogP contribution is -2.54. The number of nitrogens with zero attached hydrogens (tertiary/aromatic N) is 1. The molecule has 7 nitrogen and oxygen atoms in total. The molecule has 2 aromatic carbocycles. The number of hydrogen-bond donors (Lipinski definition) is 1. The van der Waals surface area contributed by atoms with Gasteiger partial charge in [0, 0.05) is 18.3 Å². The van der Waals surface area contributed by atoms with Gasteiger partial charge in [-0.1, -0.05) is 30.3 Å². The van der Waals surface area contributed by atoms with Crippen LogP contribution in [0.2, 0.25) is 0 Å². The van der Waals surface area contributed by atoms with Crippen LogP contribution in [0.25, 0.3) is 0 Å². The lowest BCUT2D eigenvalue weighted by atomic mass is 10.1. The number of anilines is 1. The van der Waals surface area contributed by atoms with Gasteiger partial charge in [-0.25, -0.2) is 0 Å². The number of morpholine rings is 1. The Morgan fingerprint density at radius 2 is 1.92 bits per heavy atom. The third kappa shape index (κ3) is 3.34. The fourth-order valence-electron chi connectivity index (χ4n) is 3.00. The molecule has 1 atom stereocenters. The number of carbonyl (C=O) groups excluding carboxylic acids is 2. The van der Waals surface area contributed by atoms with E-state index in [1.165, 1.54) is 0 Å². The van der Waals surface area contributed by atoms with Crippen molar-refractivity contribution in [1.82, 2.24) is 4.90 Å².